The number of carbonyl (C=O) groups is 1. The van der Waals surface area contributed by atoms with Crippen LogP contribution >= 0.6 is 0 Å². The van der Waals surface area contributed by atoms with Crippen molar-refractivity contribution in [3.05, 3.63) is 48.0 Å². The van der Waals surface area contributed by atoms with Crippen LogP contribution < -0.4 is 0 Å². The summed E-state index contributed by atoms with van der Waals surface area (Å²) in [4.78, 5) is 11.6. The maximum Gasteiger partial charge on any atom is 0.363 e. The molecule has 0 aromatic heterocycles. The summed E-state index contributed by atoms with van der Waals surface area (Å²) >= 11 is 0. The van der Waals surface area contributed by atoms with Crippen LogP contribution in [-0.4, -0.2) is 12.6 Å². The molecule has 4 heteroatoms. The number of rotatable bonds is 3. The van der Waals surface area contributed by atoms with Crippen LogP contribution in [0, 0.1) is 11.3 Å². The average molecular weight is 257 g/mol. The first-order valence-corrected chi connectivity index (χ1v) is 5.88. The number of hydrogen-bond acceptors (Lipinski definition) is 3. The Balaban J connectivity index is 2.52. The molecule has 0 fully saturated rings. The fraction of sp³-hybridized carbons (Fsp3) is 0.200. The van der Waals surface area contributed by atoms with E-state index in [1.807, 2.05) is 18.2 Å². The second kappa shape index (κ2) is 5.07. The van der Waals surface area contributed by atoms with Gasteiger partial charge in [-0.25, -0.2) is 9.18 Å². The Hall–Kier alpha value is -2.41. The maximum atomic E-state index is 14.5. The molecule has 0 spiro atoms. The SMILES string of the molecule is CCOC(=O)C(F)(C#N)c1ccc2ccccc2c1. The van der Waals surface area contributed by atoms with Gasteiger partial charge in [0.2, 0.25) is 0 Å². The van der Waals surface area contributed by atoms with E-state index in [9.17, 15) is 9.18 Å². The van der Waals surface area contributed by atoms with Gasteiger partial charge in [0.1, 0.15) is 6.07 Å². The standard InChI is InChI=1S/C15H12FNO2/c1-2-19-14(18)15(16,10-17)13-8-7-11-5-3-4-6-12(11)9-13/h3-9H,2H2,1H3. The summed E-state index contributed by atoms with van der Waals surface area (Å²) in [5, 5.41) is 10.7. The van der Waals surface area contributed by atoms with E-state index in [2.05, 4.69) is 4.74 Å². The summed E-state index contributed by atoms with van der Waals surface area (Å²) in [7, 11) is 0. The molecule has 0 amide bonds. The van der Waals surface area contributed by atoms with Crippen molar-refractivity contribution in [3.8, 4) is 6.07 Å². The summed E-state index contributed by atoms with van der Waals surface area (Å²) in [5.74, 6) is -1.17. The van der Waals surface area contributed by atoms with E-state index in [4.69, 9.17) is 5.26 Å². The van der Waals surface area contributed by atoms with Crippen LogP contribution in [-0.2, 0) is 15.2 Å². The lowest BCUT2D eigenvalue weighted by molar-refractivity contribution is -0.154. The molecule has 0 aliphatic rings. The molecule has 0 heterocycles. The molecule has 0 bridgehead atoms. The van der Waals surface area contributed by atoms with Gasteiger partial charge in [-0.3, -0.25) is 0 Å². The van der Waals surface area contributed by atoms with Crippen LogP contribution in [0.1, 0.15) is 12.5 Å². The quantitative estimate of drug-likeness (QED) is 0.794. The molecule has 96 valence electrons. The van der Waals surface area contributed by atoms with Crippen LogP contribution in [0.4, 0.5) is 4.39 Å². The normalized spacial score (nSPS) is 13.5. The van der Waals surface area contributed by atoms with E-state index in [0.29, 0.717) is 0 Å². The fourth-order valence-electron chi connectivity index (χ4n) is 1.86. The molecule has 0 saturated carbocycles. The Labute approximate surface area is 110 Å². The molecule has 2 aromatic carbocycles. The van der Waals surface area contributed by atoms with Gasteiger partial charge in [0.05, 0.1) is 6.61 Å². The molecule has 19 heavy (non-hydrogen) atoms. The van der Waals surface area contributed by atoms with Gasteiger partial charge in [0.25, 0.3) is 0 Å². The molecule has 0 aliphatic heterocycles. The van der Waals surface area contributed by atoms with Crippen LogP contribution in [0.2, 0.25) is 0 Å². The van der Waals surface area contributed by atoms with Crippen molar-refractivity contribution in [2.75, 3.05) is 6.61 Å². The molecular formula is C15H12FNO2. The minimum absolute atomic E-state index is 0.00727. The molecule has 2 rings (SSSR count). The highest BCUT2D eigenvalue weighted by molar-refractivity contribution is 5.89. The predicted octanol–water partition coefficient (Wildman–Crippen LogP) is 3.09. The van der Waals surface area contributed by atoms with E-state index >= 15 is 0 Å². The van der Waals surface area contributed by atoms with Crippen molar-refractivity contribution in [1.29, 1.82) is 5.26 Å². The monoisotopic (exact) mass is 257 g/mol. The Morgan fingerprint density at radius 1 is 1.32 bits per heavy atom. The van der Waals surface area contributed by atoms with E-state index in [0.717, 1.165) is 10.8 Å². The average Bonchev–Trinajstić information content (AvgIpc) is 2.46. The summed E-state index contributed by atoms with van der Waals surface area (Å²) in [6.45, 7) is 1.59. The molecule has 1 atom stereocenters. The van der Waals surface area contributed by atoms with Crippen molar-refractivity contribution in [2.45, 2.75) is 12.6 Å². The molecule has 3 nitrogen and oxygen atoms in total. The third kappa shape index (κ3) is 2.27. The number of esters is 1. The van der Waals surface area contributed by atoms with Crippen molar-refractivity contribution < 1.29 is 13.9 Å². The molecule has 2 aromatic rings. The Morgan fingerprint density at radius 2 is 2.00 bits per heavy atom. The third-order valence-corrected chi connectivity index (χ3v) is 2.86. The molecule has 0 N–H and O–H groups in total. The summed E-state index contributed by atoms with van der Waals surface area (Å²) in [6, 6.07) is 13.3. The summed E-state index contributed by atoms with van der Waals surface area (Å²) in [6.07, 6.45) is 0. The van der Waals surface area contributed by atoms with Gasteiger partial charge in [-0.2, -0.15) is 5.26 Å². The van der Waals surface area contributed by atoms with Gasteiger partial charge >= 0.3 is 11.6 Å². The smallest absolute Gasteiger partial charge is 0.363 e. The lowest BCUT2D eigenvalue weighted by Gasteiger charge is -2.16. The van der Waals surface area contributed by atoms with Crippen LogP contribution in [0.3, 0.4) is 0 Å². The van der Waals surface area contributed by atoms with Crippen molar-refractivity contribution >= 4 is 16.7 Å². The van der Waals surface area contributed by atoms with Crippen molar-refractivity contribution in [3.63, 3.8) is 0 Å². The van der Waals surface area contributed by atoms with Gasteiger partial charge in [-0.1, -0.05) is 36.4 Å². The number of halogens is 1. The van der Waals surface area contributed by atoms with Gasteiger partial charge in [-0.15, -0.1) is 0 Å². The molecule has 0 radical (unpaired) electrons. The first kappa shape index (κ1) is 13.0. The zero-order chi connectivity index (χ0) is 13.9. The third-order valence-electron chi connectivity index (χ3n) is 2.86. The molecule has 0 saturated heterocycles. The summed E-state index contributed by atoms with van der Waals surface area (Å²) in [5.41, 5.74) is -2.77. The number of fused-ring (bicyclic) bond motifs is 1. The molecule has 0 aliphatic carbocycles. The van der Waals surface area contributed by atoms with E-state index in [1.165, 1.54) is 18.2 Å². The minimum atomic E-state index is -2.76. The predicted molar refractivity (Wildman–Crippen MR) is 69.0 cm³/mol. The first-order chi connectivity index (χ1) is 9.11. The van der Waals surface area contributed by atoms with Crippen LogP contribution in [0.15, 0.2) is 42.5 Å². The first-order valence-electron chi connectivity index (χ1n) is 5.88. The minimum Gasteiger partial charge on any atom is -0.463 e. The van der Waals surface area contributed by atoms with Gasteiger partial charge in [0.15, 0.2) is 0 Å². The number of alkyl halides is 1. The zero-order valence-electron chi connectivity index (χ0n) is 10.4. The number of hydrogen-bond donors (Lipinski definition) is 0. The molecular weight excluding hydrogens is 245 g/mol. The number of benzene rings is 2. The largest absolute Gasteiger partial charge is 0.463 e. The number of carbonyl (C=O) groups excluding carboxylic acids is 1. The van der Waals surface area contributed by atoms with Crippen molar-refractivity contribution in [1.82, 2.24) is 0 Å². The van der Waals surface area contributed by atoms with Crippen LogP contribution in [0.5, 0.6) is 0 Å². The topological polar surface area (TPSA) is 50.1 Å². The number of nitriles is 1. The Bertz CT molecular complexity index is 662. The zero-order valence-corrected chi connectivity index (χ0v) is 10.4. The second-order valence-electron chi connectivity index (χ2n) is 4.05. The van der Waals surface area contributed by atoms with Crippen molar-refractivity contribution in [2.24, 2.45) is 0 Å². The van der Waals surface area contributed by atoms with Gasteiger partial charge in [-0.05, 0) is 23.8 Å². The number of nitrogens with zero attached hydrogens (tertiary/aromatic N) is 1. The highest BCUT2D eigenvalue weighted by Crippen LogP contribution is 2.29. The van der Waals surface area contributed by atoms with E-state index in [1.54, 1.807) is 19.1 Å². The highest BCUT2D eigenvalue weighted by Gasteiger charge is 2.42. The summed E-state index contributed by atoms with van der Waals surface area (Å²) < 4.78 is 19.2. The lowest BCUT2D eigenvalue weighted by atomic mass is 9.95. The Morgan fingerprint density at radius 3 is 2.63 bits per heavy atom. The van der Waals surface area contributed by atoms with E-state index in [-0.39, 0.29) is 12.2 Å². The van der Waals surface area contributed by atoms with Gasteiger partial charge < -0.3 is 4.74 Å². The number of ether oxygens (including phenoxy) is 1. The fourth-order valence-corrected chi connectivity index (χ4v) is 1.86. The van der Waals surface area contributed by atoms with Crippen LogP contribution in [0.25, 0.3) is 10.8 Å². The van der Waals surface area contributed by atoms with Gasteiger partial charge in [0, 0.05) is 5.56 Å². The lowest BCUT2D eigenvalue weighted by Crippen LogP contribution is -2.31. The second-order valence-corrected chi connectivity index (χ2v) is 4.05. The highest BCUT2D eigenvalue weighted by atomic mass is 19.1. The Kier molecular flexibility index (Phi) is 3.48. The van der Waals surface area contributed by atoms with E-state index < -0.39 is 11.6 Å². The molecule has 1 unspecified atom stereocenters. The maximum absolute atomic E-state index is 14.5.